The number of piperidine rings is 1. The normalized spacial score (nSPS) is 18.4. The Morgan fingerprint density at radius 1 is 1.38 bits per heavy atom. The number of amides is 1. The zero-order valence-corrected chi connectivity index (χ0v) is 12.8. The highest BCUT2D eigenvalue weighted by Crippen LogP contribution is 2.36. The van der Waals surface area contributed by atoms with Gasteiger partial charge in [0.2, 0.25) is 5.91 Å². The van der Waals surface area contributed by atoms with Crippen LogP contribution in [-0.4, -0.2) is 35.5 Å². The summed E-state index contributed by atoms with van der Waals surface area (Å²) in [6, 6.07) is 7.47. The minimum Gasteiger partial charge on any atom is -0.385 e. The average molecular weight is 312 g/mol. The van der Waals surface area contributed by atoms with Gasteiger partial charge in [-0.05, 0) is 31.9 Å². The third kappa shape index (κ3) is 4.17. The highest BCUT2D eigenvalue weighted by Gasteiger charge is 2.35. The van der Waals surface area contributed by atoms with Gasteiger partial charge in [0.1, 0.15) is 0 Å². The Hall–Kier alpha value is -1.14. The Labute approximate surface area is 130 Å². The predicted octanol–water partition coefficient (Wildman–Crippen LogP) is 1.39. The Balaban J connectivity index is 1.85. The summed E-state index contributed by atoms with van der Waals surface area (Å²) in [5.41, 5.74) is 2.10. The molecule has 1 aromatic carbocycles. The molecular weight excluding hydrogens is 290 g/mol. The van der Waals surface area contributed by atoms with E-state index in [0.29, 0.717) is 24.3 Å². The SMILES string of the molecule is NNC(=O)CCCN1CCC(O)(c2ccccc2Cl)CC1. The van der Waals surface area contributed by atoms with Crippen LogP contribution in [0.25, 0.3) is 0 Å². The molecule has 6 heteroatoms. The average Bonchev–Trinajstić information content (AvgIpc) is 2.49. The van der Waals surface area contributed by atoms with Crippen molar-refractivity contribution in [3.8, 4) is 0 Å². The summed E-state index contributed by atoms with van der Waals surface area (Å²) in [6.45, 7) is 2.43. The number of carbonyl (C=O) groups is 1. The van der Waals surface area contributed by atoms with Crippen LogP contribution >= 0.6 is 11.6 Å². The maximum absolute atomic E-state index is 11.1. The molecule has 116 valence electrons. The zero-order chi connectivity index (χ0) is 15.3. The Kier molecular flexibility index (Phi) is 5.58. The standard InChI is InChI=1S/C15H22ClN3O2/c16-13-5-2-1-4-12(13)15(21)7-10-19(11-8-15)9-3-6-14(20)18-17/h1-2,4-5,21H,3,6-11,17H2,(H,18,20). The summed E-state index contributed by atoms with van der Waals surface area (Å²) in [4.78, 5) is 13.3. The highest BCUT2D eigenvalue weighted by molar-refractivity contribution is 6.31. The Morgan fingerprint density at radius 2 is 2.05 bits per heavy atom. The summed E-state index contributed by atoms with van der Waals surface area (Å²) in [6.07, 6.45) is 2.51. The van der Waals surface area contributed by atoms with Crippen LogP contribution < -0.4 is 11.3 Å². The first kappa shape index (κ1) is 16.2. The third-order valence-corrected chi connectivity index (χ3v) is 4.43. The molecule has 2 rings (SSSR count). The summed E-state index contributed by atoms with van der Waals surface area (Å²) < 4.78 is 0. The lowest BCUT2D eigenvalue weighted by Crippen LogP contribution is -2.43. The van der Waals surface area contributed by atoms with Gasteiger partial charge in [-0.25, -0.2) is 5.84 Å². The number of rotatable bonds is 5. The lowest BCUT2D eigenvalue weighted by Gasteiger charge is -2.39. The second-order valence-corrected chi connectivity index (χ2v) is 5.93. The molecule has 0 radical (unpaired) electrons. The molecule has 0 unspecified atom stereocenters. The molecule has 1 fully saturated rings. The second-order valence-electron chi connectivity index (χ2n) is 5.52. The van der Waals surface area contributed by atoms with Gasteiger partial charge in [0.25, 0.3) is 0 Å². The molecule has 1 heterocycles. The lowest BCUT2D eigenvalue weighted by molar-refractivity contribution is -0.121. The molecule has 4 N–H and O–H groups in total. The molecule has 0 spiro atoms. The number of hydrogen-bond donors (Lipinski definition) is 3. The molecule has 5 nitrogen and oxygen atoms in total. The van der Waals surface area contributed by atoms with E-state index < -0.39 is 5.60 Å². The van der Waals surface area contributed by atoms with E-state index in [4.69, 9.17) is 17.4 Å². The molecule has 1 aliphatic rings. The van der Waals surface area contributed by atoms with Crippen LogP contribution in [0, 0.1) is 0 Å². The number of aliphatic hydroxyl groups is 1. The van der Waals surface area contributed by atoms with Crippen molar-refractivity contribution in [1.82, 2.24) is 10.3 Å². The number of benzene rings is 1. The Morgan fingerprint density at radius 3 is 2.67 bits per heavy atom. The fraction of sp³-hybridized carbons (Fsp3) is 0.533. The largest absolute Gasteiger partial charge is 0.385 e. The van der Waals surface area contributed by atoms with Crippen LogP contribution in [0.3, 0.4) is 0 Å². The minimum absolute atomic E-state index is 0.139. The van der Waals surface area contributed by atoms with E-state index in [1.807, 2.05) is 24.3 Å². The van der Waals surface area contributed by atoms with Crippen molar-refractivity contribution in [2.75, 3.05) is 19.6 Å². The van der Waals surface area contributed by atoms with E-state index in [9.17, 15) is 9.90 Å². The first-order valence-electron chi connectivity index (χ1n) is 7.24. The first-order valence-corrected chi connectivity index (χ1v) is 7.62. The topological polar surface area (TPSA) is 78.6 Å². The molecule has 0 atom stereocenters. The number of nitrogens with one attached hydrogen (secondary N) is 1. The molecular formula is C15H22ClN3O2. The van der Waals surface area contributed by atoms with Crippen LogP contribution in [-0.2, 0) is 10.4 Å². The van der Waals surface area contributed by atoms with Crippen molar-refractivity contribution in [1.29, 1.82) is 0 Å². The number of hydrogen-bond acceptors (Lipinski definition) is 4. The van der Waals surface area contributed by atoms with Gasteiger partial charge in [0.05, 0.1) is 5.60 Å². The van der Waals surface area contributed by atoms with Crippen molar-refractivity contribution in [2.24, 2.45) is 5.84 Å². The monoisotopic (exact) mass is 311 g/mol. The maximum Gasteiger partial charge on any atom is 0.233 e. The van der Waals surface area contributed by atoms with Crippen LogP contribution in [0.4, 0.5) is 0 Å². The van der Waals surface area contributed by atoms with Gasteiger partial charge in [-0.15, -0.1) is 0 Å². The van der Waals surface area contributed by atoms with E-state index in [1.165, 1.54) is 0 Å². The van der Waals surface area contributed by atoms with Gasteiger partial charge in [-0.1, -0.05) is 29.8 Å². The molecule has 0 aliphatic carbocycles. The van der Waals surface area contributed by atoms with E-state index in [0.717, 1.165) is 31.6 Å². The van der Waals surface area contributed by atoms with Crippen LogP contribution in [0.15, 0.2) is 24.3 Å². The van der Waals surface area contributed by atoms with Crippen molar-refractivity contribution in [3.05, 3.63) is 34.9 Å². The molecule has 1 aliphatic heterocycles. The van der Waals surface area contributed by atoms with Crippen LogP contribution in [0.5, 0.6) is 0 Å². The van der Waals surface area contributed by atoms with Crippen molar-refractivity contribution < 1.29 is 9.90 Å². The quantitative estimate of drug-likeness (QED) is 0.436. The van der Waals surface area contributed by atoms with Crippen LogP contribution in [0.1, 0.15) is 31.2 Å². The molecule has 1 amide bonds. The number of nitrogens with two attached hydrogens (primary N) is 1. The maximum atomic E-state index is 11.1. The molecule has 1 saturated heterocycles. The van der Waals surface area contributed by atoms with Crippen LogP contribution in [0.2, 0.25) is 5.02 Å². The molecule has 0 bridgehead atoms. The first-order chi connectivity index (χ1) is 10.0. The minimum atomic E-state index is -0.844. The molecule has 21 heavy (non-hydrogen) atoms. The fourth-order valence-corrected chi connectivity index (χ4v) is 3.10. The number of likely N-dealkylation sites (tertiary alicyclic amines) is 1. The zero-order valence-electron chi connectivity index (χ0n) is 12.0. The number of nitrogens with zero attached hydrogens (tertiary/aromatic N) is 1. The number of halogens is 1. The van der Waals surface area contributed by atoms with Crippen molar-refractivity contribution in [3.63, 3.8) is 0 Å². The lowest BCUT2D eigenvalue weighted by atomic mass is 9.84. The molecule has 0 aromatic heterocycles. The van der Waals surface area contributed by atoms with Crippen molar-refractivity contribution in [2.45, 2.75) is 31.3 Å². The van der Waals surface area contributed by atoms with E-state index in [1.54, 1.807) is 0 Å². The van der Waals surface area contributed by atoms with E-state index in [-0.39, 0.29) is 5.91 Å². The summed E-state index contributed by atoms with van der Waals surface area (Å²) in [7, 11) is 0. The summed E-state index contributed by atoms with van der Waals surface area (Å²) >= 11 is 6.19. The van der Waals surface area contributed by atoms with Gasteiger partial charge in [-0.3, -0.25) is 10.2 Å². The Bertz CT molecular complexity index is 488. The smallest absolute Gasteiger partial charge is 0.233 e. The van der Waals surface area contributed by atoms with E-state index >= 15 is 0 Å². The van der Waals surface area contributed by atoms with Crippen molar-refractivity contribution >= 4 is 17.5 Å². The van der Waals surface area contributed by atoms with Gasteiger partial charge >= 0.3 is 0 Å². The predicted molar refractivity (Wildman–Crippen MR) is 82.6 cm³/mol. The number of hydrazine groups is 1. The fourth-order valence-electron chi connectivity index (χ4n) is 2.79. The summed E-state index contributed by atoms with van der Waals surface area (Å²) in [5, 5.41) is 11.4. The molecule has 1 aromatic rings. The van der Waals surface area contributed by atoms with Gasteiger partial charge in [0, 0.05) is 30.1 Å². The second kappa shape index (κ2) is 7.22. The third-order valence-electron chi connectivity index (χ3n) is 4.10. The highest BCUT2D eigenvalue weighted by atomic mass is 35.5. The van der Waals surface area contributed by atoms with Gasteiger partial charge in [-0.2, -0.15) is 0 Å². The summed E-state index contributed by atoms with van der Waals surface area (Å²) in [5.74, 6) is 4.91. The van der Waals surface area contributed by atoms with Gasteiger partial charge < -0.3 is 10.0 Å². The number of carbonyl (C=O) groups excluding carboxylic acids is 1. The van der Waals surface area contributed by atoms with Gasteiger partial charge in [0.15, 0.2) is 0 Å². The van der Waals surface area contributed by atoms with E-state index in [2.05, 4.69) is 10.3 Å². The molecule has 0 saturated carbocycles.